The summed E-state index contributed by atoms with van der Waals surface area (Å²) >= 11 is 0. The Kier molecular flexibility index (Phi) is 4.50. The molecule has 3 rings (SSSR count). The number of carbonyl (C=O) groups excluding carboxylic acids is 2. The van der Waals surface area contributed by atoms with Crippen molar-refractivity contribution in [3.8, 4) is 5.95 Å². The van der Waals surface area contributed by atoms with Crippen LogP contribution in [0, 0.1) is 5.82 Å². The summed E-state index contributed by atoms with van der Waals surface area (Å²) in [5, 5.41) is 2.73. The van der Waals surface area contributed by atoms with Gasteiger partial charge in [-0.1, -0.05) is 12.1 Å². The van der Waals surface area contributed by atoms with E-state index in [1.54, 1.807) is 6.07 Å². The molecule has 1 aromatic carbocycles. The molecule has 1 N–H and O–H groups in total. The van der Waals surface area contributed by atoms with E-state index in [0.717, 1.165) is 0 Å². The minimum atomic E-state index is -0.826. The largest absolute Gasteiger partial charge is 0.465 e. The zero-order valence-electron chi connectivity index (χ0n) is 13.1. The maximum Gasteiger partial charge on any atom is 0.290 e. The second-order valence-corrected chi connectivity index (χ2v) is 5.30. The Labute approximate surface area is 138 Å². The third-order valence-electron chi connectivity index (χ3n) is 3.74. The molecule has 1 aliphatic heterocycles. The SMILES string of the molecule is CCOc1ccc(C(=O)N2CCNC(=O)[C@H]2c2ccc(F)cc2)o1. The fourth-order valence-electron chi connectivity index (χ4n) is 2.66. The van der Waals surface area contributed by atoms with Gasteiger partial charge >= 0.3 is 0 Å². The van der Waals surface area contributed by atoms with Crippen LogP contribution in [0.3, 0.4) is 0 Å². The van der Waals surface area contributed by atoms with Crippen LogP contribution in [-0.2, 0) is 4.79 Å². The van der Waals surface area contributed by atoms with Crippen LogP contribution in [0.2, 0.25) is 0 Å². The van der Waals surface area contributed by atoms with Crippen molar-refractivity contribution in [3.05, 3.63) is 53.5 Å². The van der Waals surface area contributed by atoms with Gasteiger partial charge in [0.15, 0.2) is 5.76 Å². The first-order chi connectivity index (χ1) is 11.6. The van der Waals surface area contributed by atoms with Gasteiger partial charge in [-0.3, -0.25) is 9.59 Å². The molecule has 1 aliphatic rings. The molecule has 126 valence electrons. The van der Waals surface area contributed by atoms with Crippen molar-refractivity contribution in [1.82, 2.24) is 10.2 Å². The summed E-state index contributed by atoms with van der Waals surface area (Å²) in [6.45, 7) is 2.91. The van der Waals surface area contributed by atoms with Crippen molar-refractivity contribution in [2.24, 2.45) is 0 Å². The van der Waals surface area contributed by atoms with Crippen LogP contribution < -0.4 is 10.1 Å². The van der Waals surface area contributed by atoms with E-state index in [1.807, 2.05) is 6.92 Å². The number of piperazine rings is 1. The lowest BCUT2D eigenvalue weighted by molar-refractivity contribution is -0.128. The first-order valence-electron chi connectivity index (χ1n) is 7.67. The van der Waals surface area contributed by atoms with E-state index >= 15 is 0 Å². The van der Waals surface area contributed by atoms with Gasteiger partial charge in [0.05, 0.1) is 6.61 Å². The molecule has 7 heteroatoms. The van der Waals surface area contributed by atoms with Gasteiger partial charge in [-0.2, -0.15) is 0 Å². The Bertz CT molecular complexity index is 741. The number of benzene rings is 1. The van der Waals surface area contributed by atoms with Crippen LogP contribution in [0.4, 0.5) is 4.39 Å². The summed E-state index contributed by atoms with van der Waals surface area (Å²) in [5.41, 5.74) is 0.540. The molecule has 2 aromatic rings. The van der Waals surface area contributed by atoms with Crippen molar-refractivity contribution in [3.63, 3.8) is 0 Å². The third-order valence-corrected chi connectivity index (χ3v) is 3.74. The summed E-state index contributed by atoms with van der Waals surface area (Å²) < 4.78 is 23.7. The molecule has 0 radical (unpaired) electrons. The van der Waals surface area contributed by atoms with Gasteiger partial charge in [0.2, 0.25) is 5.91 Å². The standard InChI is InChI=1S/C17H17FN2O4/c1-2-23-14-8-7-13(24-14)17(22)20-10-9-19-16(21)15(20)11-3-5-12(18)6-4-11/h3-8,15H,2,9-10H2,1H3,(H,19,21)/t15-/m1/s1. The van der Waals surface area contributed by atoms with E-state index in [0.29, 0.717) is 25.3 Å². The summed E-state index contributed by atoms with van der Waals surface area (Å²) in [6.07, 6.45) is 0. The van der Waals surface area contributed by atoms with E-state index < -0.39 is 17.8 Å². The van der Waals surface area contributed by atoms with E-state index in [-0.39, 0.29) is 17.6 Å². The Morgan fingerprint density at radius 3 is 2.79 bits per heavy atom. The quantitative estimate of drug-likeness (QED) is 0.931. The zero-order chi connectivity index (χ0) is 17.1. The highest BCUT2D eigenvalue weighted by Gasteiger charge is 2.36. The average Bonchev–Trinajstić information content (AvgIpc) is 3.04. The lowest BCUT2D eigenvalue weighted by Gasteiger charge is -2.34. The van der Waals surface area contributed by atoms with Gasteiger partial charge in [0, 0.05) is 19.2 Å². The van der Waals surface area contributed by atoms with Crippen molar-refractivity contribution in [1.29, 1.82) is 0 Å². The summed E-state index contributed by atoms with van der Waals surface area (Å²) in [5.74, 6) is -0.774. The number of nitrogens with one attached hydrogen (secondary N) is 1. The number of ether oxygens (including phenoxy) is 1. The Morgan fingerprint density at radius 2 is 2.08 bits per heavy atom. The molecule has 0 bridgehead atoms. The van der Waals surface area contributed by atoms with Crippen LogP contribution in [-0.4, -0.2) is 36.4 Å². The Balaban J connectivity index is 1.89. The molecule has 1 aromatic heterocycles. The monoisotopic (exact) mass is 332 g/mol. The summed E-state index contributed by atoms with van der Waals surface area (Å²) in [6, 6.07) is 7.78. The molecular formula is C17H17FN2O4. The topological polar surface area (TPSA) is 71.8 Å². The molecule has 1 atom stereocenters. The normalized spacial score (nSPS) is 17.5. The number of furan rings is 1. The van der Waals surface area contributed by atoms with Crippen molar-refractivity contribution >= 4 is 11.8 Å². The Hall–Kier alpha value is -2.83. The highest BCUT2D eigenvalue weighted by molar-refractivity contribution is 5.96. The maximum absolute atomic E-state index is 13.1. The van der Waals surface area contributed by atoms with E-state index in [4.69, 9.17) is 9.15 Å². The minimum absolute atomic E-state index is 0.0975. The fraction of sp³-hybridized carbons (Fsp3) is 0.294. The molecule has 0 aliphatic carbocycles. The fourth-order valence-corrected chi connectivity index (χ4v) is 2.66. The van der Waals surface area contributed by atoms with Gasteiger partial charge in [0.25, 0.3) is 11.9 Å². The van der Waals surface area contributed by atoms with Gasteiger partial charge < -0.3 is 19.4 Å². The van der Waals surface area contributed by atoms with Crippen LogP contribution in [0.15, 0.2) is 40.8 Å². The molecule has 0 unspecified atom stereocenters. The highest BCUT2D eigenvalue weighted by atomic mass is 19.1. The van der Waals surface area contributed by atoms with Crippen molar-refractivity contribution in [2.75, 3.05) is 19.7 Å². The van der Waals surface area contributed by atoms with Gasteiger partial charge in [-0.25, -0.2) is 4.39 Å². The molecule has 24 heavy (non-hydrogen) atoms. The summed E-state index contributed by atoms with van der Waals surface area (Å²) in [4.78, 5) is 26.4. The third kappa shape index (κ3) is 3.10. The van der Waals surface area contributed by atoms with E-state index in [2.05, 4.69) is 5.32 Å². The van der Waals surface area contributed by atoms with Crippen LogP contribution >= 0.6 is 0 Å². The van der Waals surface area contributed by atoms with E-state index in [9.17, 15) is 14.0 Å². The number of amides is 2. The first kappa shape index (κ1) is 16.0. The molecule has 0 spiro atoms. The second kappa shape index (κ2) is 6.74. The molecule has 1 saturated heterocycles. The predicted octanol–water partition coefficient (Wildman–Crippen LogP) is 2.13. The average molecular weight is 332 g/mol. The lowest BCUT2D eigenvalue weighted by Crippen LogP contribution is -2.52. The first-order valence-corrected chi connectivity index (χ1v) is 7.67. The van der Waals surface area contributed by atoms with Crippen molar-refractivity contribution in [2.45, 2.75) is 13.0 Å². The molecule has 1 fully saturated rings. The molecule has 2 heterocycles. The van der Waals surface area contributed by atoms with Gasteiger partial charge in [0.1, 0.15) is 11.9 Å². The van der Waals surface area contributed by atoms with E-state index in [1.165, 1.54) is 35.2 Å². The lowest BCUT2D eigenvalue weighted by atomic mass is 10.0. The highest BCUT2D eigenvalue weighted by Crippen LogP contribution is 2.27. The van der Waals surface area contributed by atoms with Crippen LogP contribution in [0.25, 0.3) is 0 Å². The summed E-state index contributed by atoms with van der Waals surface area (Å²) in [7, 11) is 0. The Morgan fingerprint density at radius 1 is 1.33 bits per heavy atom. The van der Waals surface area contributed by atoms with Gasteiger partial charge in [-0.05, 0) is 30.7 Å². The maximum atomic E-state index is 13.1. The number of rotatable bonds is 4. The smallest absolute Gasteiger partial charge is 0.290 e. The molecule has 0 saturated carbocycles. The number of hydrogen-bond donors (Lipinski definition) is 1. The number of carbonyl (C=O) groups is 2. The van der Waals surface area contributed by atoms with Crippen LogP contribution in [0.1, 0.15) is 29.1 Å². The number of nitrogens with zero attached hydrogens (tertiary/aromatic N) is 1. The molecular weight excluding hydrogens is 315 g/mol. The second-order valence-electron chi connectivity index (χ2n) is 5.30. The predicted molar refractivity (Wildman–Crippen MR) is 83.1 cm³/mol. The van der Waals surface area contributed by atoms with Crippen LogP contribution in [0.5, 0.6) is 5.95 Å². The van der Waals surface area contributed by atoms with Crippen molar-refractivity contribution < 1.29 is 23.1 Å². The van der Waals surface area contributed by atoms with Gasteiger partial charge in [-0.15, -0.1) is 0 Å². The molecule has 6 nitrogen and oxygen atoms in total. The zero-order valence-corrected chi connectivity index (χ0v) is 13.1. The molecule has 2 amide bonds. The number of hydrogen-bond acceptors (Lipinski definition) is 4. The number of halogens is 1. The minimum Gasteiger partial charge on any atom is -0.465 e.